The van der Waals surface area contributed by atoms with Crippen LogP contribution < -0.4 is 30.9 Å². The highest BCUT2D eigenvalue weighted by molar-refractivity contribution is 7.00. The van der Waals surface area contributed by atoms with E-state index in [-0.39, 0.29) is 6.71 Å². The monoisotopic (exact) mass is 728 g/mol. The lowest BCUT2D eigenvalue weighted by atomic mass is 9.33. The Morgan fingerprint density at radius 3 is 1.61 bits per heavy atom. The Bertz CT molecular complexity index is 2890. The quantitative estimate of drug-likeness (QED) is 0.159. The highest BCUT2D eigenvalue weighted by Crippen LogP contribution is 2.46. The molecule has 268 valence electrons. The second-order valence-electron chi connectivity index (χ2n) is 15.0. The predicted molar refractivity (Wildman–Crippen MR) is 240 cm³/mol. The van der Waals surface area contributed by atoms with Crippen LogP contribution in [0, 0.1) is 6.92 Å². The van der Waals surface area contributed by atoms with Crippen LogP contribution in [0.25, 0.3) is 33.0 Å². The number of anilines is 6. The molecule has 11 rings (SSSR count). The Morgan fingerprint density at radius 2 is 0.965 bits per heavy atom. The minimum atomic E-state index is -0.0706. The largest absolute Gasteiger partial charge is 0.458 e. The first kappa shape index (κ1) is 33.1. The third kappa shape index (κ3) is 5.52. The van der Waals surface area contributed by atoms with Gasteiger partial charge >= 0.3 is 0 Å². The van der Waals surface area contributed by atoms with Gasteiger partial charge in [-0.05, 0) is 111 Å². The summed E-state index contributed by atoms with van der Waals surface area (Å²) < 4.78 is 7.21. The Kier molecular flexibility index (Phi) is 7.82. The van der Waals surface area contributed by atoms with E-state index in [2.05, 4.69) is 223 Å². The van der Waals surface area contributed by atoms with Crippen LogP contribution in [0.3, 0.4) is 0 Å². The van der Waals surface area contributed by atoms with Gasteiger partial charge < -0.3 is 14.5 Å². The van der Waals surface area contributed by atoms with E-state index in [4.69, 9.17) is 4.74 Å². The molecule has 0 aromatic heterocycles. The van der Waals surface area contributed by atoms with Crippen LogP contribution in [0.1, 0.15) is 5.56 Å². The SMILES string of the molecule is Cc1cc2c3c(c1)N(c1ccc(-c4ccccc4)cc1)c1ccc(-c4ccccc4)cc1B3c1c(cc(N(c3ccccc3)c3ccccc3)c3ccccc13)O2. The molecule has 57 heavy (non-hydrogen) atoms. The highest BCUT2D eigenvalue weighted by Gasteiger charge is 2.43. The Hall–Kier alpha value is -7.30. The first-order chi connectivity index (χ1) is 28.2. The summed E-state index contributed by atoms with van der Waals surface area (Å²) in [5, 5.41) is 2.35. The summed E-state index contributed by atoms with van der Waals surface area (Å²) in [6, 6.07) is 74.3. The van der Waals surface area contributed by atoms with E-state index >= 15 is 0 Å². The molecule has 0 saturated heterocycles. The van der Waals surface area contributed by atoms with Crippen LogP contribution in [0.5, 0.6) is 11.5 Å². The Labute approximate surface area is 333 Å². The molecule has 0 amide bonds. The van der Waals surface area contributed by atoms with Crippen molar-refractivity contribution in [2.24, 2.45) is 0 Å². The second kappa shape index (κ2) is 13.5. The molecule has 9 aromatic rings. The summed E-state index contributed by atoms with van der Waals surface area (Å²) in [5.41, 5.74) is 16.3. The van der Waals surface area contributed by atoms with Gasteiger partial charge in [-0.1, -0.05) is 146 Å². The Balaban J connectivity index is 1.17. The van der Waals surface area contributed by atoms with E-state index in [9.17, 15) is 0 Å². The number of benzene rings is 9. The van der Waals surface area contributed by atoms with Gasteiger partial charge in [-0.15, -0.1) is 0 Å². The zero-order valence-electron chi connectivity index (χ0n) is 31.5. The topological polar surface area (TPSA) is 15.7 Å². The zero-order valence-corrected chi connectivity index (χ0v) is 31.5. The highest BCUT2D eigenvalue weighted by atomic mass is 16.5. The van der Waals surface area contributed by atoms with Crippen LogP contribution >= 0.6 is 0 Å². The van der Waals surface area contributed by atoms with Gasteiger partial charge in [0.05, 0.1) is 5.69 Å². The van der Waals surface area contributed by atoms with Crippen molar-refractivity contribution in [1.82, 2.24) is 0 Å². The summed E-state index contributed by atoms with van der Waals surface area (Å²) in [4.78, 5) is 4.80. The molecule has 0 fully saturated rings. The maximum absolute atomic E-state index is 7.21. The van der Waals surface area contributed by atoms with Gasteiger partial charge in [0.2, 0.25) is 0 Å². The van der Waals surface area contributed by atoms with Crippen molar-refractivity contribution in [3.05, 3.63) is 212 Å². The number of aryl methyl sites for hydroxylation is 1. The summed E-state index contributed by atoms with van der Waals surface area (Å²) >= 11 is 0. The maximum atomic E-state index is 7.21. The average molecular weight is 729 g/mol. The molecule has 0 radical (unpaired) electrons. The molecule has 3 nitrogen and oxygen atoms in total. The van der Waals surface area contributed by atoms with Gasteiger partial charge in [-0.25, -0.2) is 0 Å². The van der Waals surface area contributed by atoms with Gasteiger partial charge in [0, 0.05) is 39.9 Å². The van der Waals surface area contributed by atoms with Gasteiger partial charge in [0.25, 0.3) is 6.71 Å². The molecule has 0 saturated carbocycles. The van der Waals surface area contributed by atoms with E-state index < -0.39 is 0 Å². The first-order valence-corrected chi connectivity index (χ1v) is 19.6. The summed E-state index contributed by atoms with van der Waals surface area (Å²) in [6.45, 7) is 2.10. The van der Waals surface area contributed by atoms with Gasteiger partial charge in [0.1, 0.15) is 11.5 Å². The van der Waals surface area contributed by atoms with Crippen molar-refractivity contribution < 1.29 is 4.74 Å². The third-order valence-corrected chi connectivity index (χ3v) is 11.5. The first-order valence-electron chi connectivity index (χ1n) is 19.6. The lowest BCUT2D eigenvalue weighted by Gasteiger charge is -2.41. The molecule has 2 heterocycles. The van der Waals surface area contributed by atoms with Crippen LogP contribution in [-0.4, -0.2) is 6.71 Å². The van der Waals surface area contributed by atoms with Gasteiger partial charge in [-0.3, -0.25) is 0 Å². The van der Waals surface area contributed by atoms with Crippen LogP contribution in [0.15, 0.2) is 206 Å². The fraction of sp³-hybridized carbons (Fsp3) is 0.0189. The van der Waals surface area contributed by atoms with Crippen LogP contribution in [-0.2, 0) is 0 Å². The molecule has 2 aliphatic rings. The average Bonchev–Trinajstić information content (AvgIpc) is 3.27. The summed E-state index contributed by atoms with van der Waals surface area (Å²) in [5.74, 6) is 1.78. The molecule has 0 atom stereocenters. The number of rotatable bonds is 6. The van der Waals surface area contributed by atoms with Crippen molar-refractivity contribution in [2.75, 3.05) is 9.80 Å². The van der Waals surface area contributed by atoms with E-state index in [1.807, 2.05) is 0 Å². The minimum absolute atomic E-state index is 0.0706. The number of hydrogen-bond acceptors (Lipinski definition) is 3. The van der Waals surface area contributed by atoms with Crippen LogP contribution in [0.2, 0.25) is 0 Å². The van der Waals surface area contributed by atoms with Crippen molar-refractivity contribution in [3.63, 3.8) is 0 Å². The number of ether oxygens (including phenoxy) is 1. The molecule has 2 aliphatic heterocycles. The van der Waals surface area contributed by atoms with Crippen molar-refractivity contribution in [1.29, 1.82) is 0 Å². The molecule has 0 aliphatic carbocycles. The molecule has 9 aromatic carbocycles. The van der Waals surface area contributed by atoms with Crippen molar-refractivity contribution in [3.8, 4) is 33.8 Å². The van der Waals surface area contributed by atoms with Gasteiger partial charge in [-0.2, -0.15) is 0 Å². The maximum Gasteiger partial charge on any atom is 0.257 e. The lowest BCUT2D eigenvalue weighted by Crippen LogP contribution is -2.59. The summed E-state index contributed by atoms with van der Waals surface area (Å²) in [7, 11) is 0. The smallest absolute Gasteiger partial charge is 0.257 e. The fourth-order valence-corrected chi connectivity index (χ4v) is 9.02. The molecular formula is C53H37BN2O. The molecule has 0 N–H and O–H groups in total. The number of hydrogen-bond donors (Lipinski definition) is 0. The van der Waals surface area contributed by atoms with Crippen molar-refractivity contribution >= 4 is 68.0 Å². The number of nitrogens with zero attached hydrogens (tertiary/aromatic N) is 2. The van der Waals surface area contributed by atoms with E-state index in [1.54, 1.807) is 0 Å². The molecule has 4 heteroatoms. The van der Waals surface area contributed by atoms with Crippen LogP contribution in [0.4, 0.5) is 34.1 Å². The lowest BCUT2D eigenvalue weighted by molar-refractivity contribution is 0.488. The number of para-hydroxylation sites is 2. The van der Waals surface area contributed by atoms with E-state index in [0.29, 0.717) is 0 Å². The standard InChI is InChI=1S/C53H37BN2O/c1-36-32-49-53-50(33-36)57-51-35-48(55(41-20-10-4-11-21-41)42-22-12-5-13-23-42)44-24-14-15-25-45(44)52(51)54(53)46-34-40(38-18-8-3-9-19-38)28-31-47(46)56(49)43-29-26-39(27-30-43)37-16-6-2-7-17-37/h2-35H,1H3. The third-order valence-electron chi connectivity index (χ3n) is 11.5. The van der Waals surface area contributed by atoms with E-state index in [0.717, 1.165) is 45.5 Å². The minimum Gasteiger partial charge on any atom is -0.458 e. The van der Waals surface area contributed by atoms with Gasteiger partial charge in [0.15, 0.2) is 0 Å². The van der Waals surface area contributed by atoms with Crippen molar-refractivity contribution in [2.45, 2.75) is 6.92 Å². The fourth-order valence-electron chi connectivity index (χ4n) is 9.02. The molecule has 0 spiro atoms. The second-order valence-corrected chi connectivity index (χ2v) is 15.0. The van der Waals surface area contributed by atoms with E-state index in [1.165, 1.54) is 55.1 Å². The molecular weight excluding hydrogens is 691 g/mol. The predicted octanol–water partition coefficient (Wildman–Crippen LogP) is 12.4. The normalized spacial score (nSPS) is 12.4. The Morgan fingerprint density at radius 1 is 0.439 bits per heavy atom. The summed E-state index contributed by atoms with van der Waals surface area (Å²) in [6.07, 6.45) is 0. The molecule has 0 bridgehead atoms. The zero-order chi connectivity index (χ0) is 37.9. The number of fused-ring (bicyclic) bond motifs is 6. The molecule has 0 unspecified atom stereocenters.